The molecule has 0 spiro atoms. The zero-order chi connectivity index (χ0) is 12.4. The number of nitrogens with one attached hydrogen (secondary N) is 1. The minimum absolute atomic E-state index is 0.129. The minimum Gasteiger partial charge on any atom is -0.496 e. The zero-order valence-corrected chi connectivity index (χ0v) is 10.8. The summed E-state index contributed by atoms with van der Waals surface area (Å²) >= 11 is 6.00. The number of rotatable bonds is 4. The summed E-state index contributed by atoms with van der Waals surface area (Å²) in [6, 6.07) is 3.69. The summed E-state index contributed by atoms with van der Waals surface area (Å²) in [5.74, 6) is 1.15. The highest BCUT2D eigenvalue weighted by Gasteiger charge is 2.29. The molecule has 2 rings (SSSR count). The Morgan fingerprint density at radius 3 is 2.82 bits per heavy atom. The van der Waals surface area contributed by atoms with Gasteiger partial charge < -0.3 is 10.1 Å². The summed E-state index contributed by atoms with van der Waals surface area (Å²) < 4.78 is 5.33. The quantitative estimate of drug-likeness (QED) is 0.896. The van der Waals surface area contributed by atoms with Crippen molar-refractivity contribution in [2.75, 3.05) is 7.11 Å². The van der Waals surface area contributed by atoms with Crippen LogP contribution in [0.2, 0.25) is 5.02 Å². The number of halogens is 1. The van der Waals surface area contributed by atoms with Gasteiger partial charge in [0.1, 0.15) is 5.75 Å². The van der Waals surface area contributed by atoms with Crippen LogP contribution in [0.15, 0.2) is 12.1 Å². The number of aryl methyl sites for hydroxylation is 1. The molecular weight excluding hydrogens is 238 g/mol. The molecule has 1 amide bonds. The third-order valence-electron chi connectivity index (χ3n) is 2.92. The smallest absolute Gasteiger partial charge is 0.223 e. The normalized spacial score (nSPS) is 14.5. The van der Waals surface area contributed by atoms with Crippen LogP contribution >= 0.6 is 11.6 Å². The van der Waals surface area contributed by atoms with Crippen LogP contribution in [-0.2, 0) is 11.3 Å². The van der Waals surface area contributed by atoms with Gasteiger partial charge in [-0.25, -0.2) is 0 Å². The number of benzene rings is 1. The highest BCUT2D eigenvalue weighted by Crippen LogP contribution is 2.30. The maximum atomic E-state index is 11.6. The predicted molar refractivity (Wildman–Crippen MR) is 67.3 cm³/mol. The first-order valence-electron chi connectivity index (χ1n) is 5.72. The van der Waals surface area contributed by atoms with Crippen LogP contribution in [0, 0.1) is 12.8 Å². The fraction of sp³-hybridized carbons (Fsp3) is 0.462. The predicted octanol–water partition coefficient (Wildman–Crippen LogP) is 2.68. The van der Waals surface area contributed by atoms with Crippen molar-refractivity contribution in [3.8, 4) is 5.75 Å². The van der Waals surface area contributed by atoms with Gasteiger partial charge in [-0.1, -0.05) is 11.6 Å². The maximum Gasteiger partial charge on any atom is 0.223 e. The highest BCUT2D eigenvalue weighted by atomic mass is 35.5. The van der Waals surface area contributed by atoms with E-state index in [0.29, 0.717) is 11.6 Å². The SMILES string of the molecule is COc1c(C)cc(Cl)cc1CNC(=O)C1CC1. The molecular formula is C13H16ClNO2. The molecule has 0 atom stereocenters. The topological polar surface area (TPSA) is 38.3 Å². The number of amides is 1. The van der Waals surface area contributed by atoms with E-state index in [-0.39, 0.29) is 11.8 Å². The number of methoxy groups -OCH3 is 1. The van der Waals surface area contributed by atoms with Gasteiger partial charge in [0, 0.05) is 23.0 Å². The number of carbonyl (C=O) groups is 1. The van der Waals surface area contributed by atoms with Crippen molar-refractivity contribution in [3.05, 3.63) is 28.3 Å². The highest BCUT2D eigenvalue weighted by molar-refractivity contribution is 6.30. The van der Waals surface area contributed by atoms with Crippen LogP contribution in [0.5, 0.6) is 5.75 Å². The van der Waals surface area contributed by atoms with Crippen molar-refractivity contribution in [1.29, 1.82) is 0 Å². The van der Waals surface area contributed by atoms with E-state index in [1.54, 1.807) is 7.11 Å². The Bertz CT molecular complexity index is 441. The van der Waals surface area contributed by atoms with E-state index in [4.69, 9.17) is 16.3 Å². The molecule has 92 valence electrons. The van der Waals surface area contributed by atoms with Crippen LogP contribution in [0.3, 0.4) is 0 Å². The lowest BCUT2D eigenvalue weighted by Gasteiger charge is -2.12. The van der Waals surface area contributed by atoms with Gasteiger partial charge in [0.15, 0.2) is 0 Å². The Balaban J connectivity index is 2.10. The van der Waals surface area contributed by atoms with E-state index in [2.05, 4.69) is 5.32 Å². The van der Waals surface area contributed by atoms with E-state index in [9.17, 15) is 4.79 Å². The maximum absolute atomic E-state index is 11.6. The van der Waals surface area contributed by atoms with Gasteiger partial charge in [-0.3, -0.25) is 4.79 Å². The van der Waals surface area contributed by atoms with Crippen molar-refractivity contribution in [2.24, 2.45) is 5.92 Å². The van der Waals surface area contributed by atoms with E-state index in [0.717, 1.165) is 29.7 Å². The standard InChI is InChI=1S/C13H16ClNO2/c1-8-5-11(14)6-10(12(8)17-2)7-15-13(16)9-3-4-9/h5-6,9H,3-4,7H2,1-2H3,(H,15,16). The lowest BCUT2D eigenvalue weighted by molar-refractivity contribution is -0.122. The van der Waals surface area contributed by atoms with E-state index in [1.807, 2.05) is 19.1 Å². The first kappa shape index (κ1) is 12.2. The third-order valence-corrected chi connectivity index (χ3v) is 3.14. The molecule has 3 nitrogen and oxygen atoms in total. The summed E-state index contributed by atoms with van der Waals surface area (Å²) in [4.78, 5) is 11.6. The second-order valence-corrected chi connectivity index (χ2v) is 4.84. The van der Waals surface area contributed by atoms with Crippen molar-refractivity contribution in [2.45, 2.75) is 26.3 Å². The first-order chi connectivity index (χ1) is 8.11. The van der Waals surface area contributed by atoms with Gasteiger partial charge in [-0.2, -0.15) is 0 Å². The molecule has 0 aromatic heterocycles. The lowest BCUT2D eigenvalue weighted by atomic mass is 10.1. The average Bonchev–Trinajstić information content (AvgIpc) is 3.08. The summed E-state index contributed by atoms with van der Waals surface area (Å²) in [7, 11) is 1.63. The molecule has 0 saturated heterocycles. The fourth-order valence-electron chi connectivity index (χ4n) is 1.89. The molecule has 0 bridgehead atoms. The van der Waals surface area contributed by atoms with Crippen LogP contribution in [0.1, 0.15) is 24.0 Å². The Kier molecular flexibility index (Phi) is 3.57. The molecule has 1 saturated carbocycles. The van der Waals surface area contributed by atoms with Crippen LogP contribution in [0.25, 0.3) is 0 Å². The second kappa shape index (κ2) is 4.96. The van der Waals surface area contributed by atoms with Crippen molar-refractivity contribution in [3.63, 3.8) is 0 Å². The van der Waals surface area contributed by atoms with Gasteiger partial charge in [0.25, 0.3) is 0 Å². The van der Waals surface area contributed by atoms with Gasteiger partial charge in [0.2, 0.25) is 5.91 Å². The number of hydrogen-bond acceptors (Lipinski definition) is 2. The molecule has 0 aliphatic heterocycles. The third kappa shape index (κ3) is 2.91. The summed E-state index contributed by atoms with van der Waals surface area (Å²) in [5.41, 5.74) is 1.90. The fourth-order valence-corrected chi connectivity index (χ4v) is 2.19. The molecule has 1 aliphatic rings. The molecule has 1 fully saturated rings. The van der Waals surface area contributed by atoms with Crippen LogP contribution in [-0.4, -0.2) is 13.0 Å². The number of hydrogen-bond donors (Lipinski definition) is 1. The molecule has 0 unspecified atom stereocenters. The molecule has 0 radical (unpaired) electrons. The second-order valence-electron chi connectivity index (χ2n) is 4.41. The van der Waals surface area contributed by atoms with Crippen LogP contribution in [0.4, 0.5) is 0 Å². The largest absolute Gasteiger partial charge is 0.496 e. The Morgan fingerprint density at radius 2 is 2.24 bits per heavy atom. The summed E-state index contributed by atoms with van der Waals surface area (Å²) in [6.45, 7) is 2.41. The van der Waals surface area contributed by atoms with Gasteiger partial charge in [-0.15, -0.1) is 0 Å². The van der Waals surface area contributed by atoms with Gasteiger partial charge in [0.05, 0.1) is 7.11 Å². The molecule has 1 aromatic carbocycles. The lowest BCUT2D eigenvalue weighted by Crippen LogP contribution is -2.24. The number of carbonyl (C=O) groups excluding carboxylic acids is 1. The number of ether oxygens (including phenoxy) is 1. The van der Waals surface area contributed by atoms with Crippen LogP contribution < -0.4 is 10.1 Å². The van der Waals surface area contributed by atoms with E-state index >= 15 is 0 Å². The zero-order valence-electron chi connectivity index (χ0n) is 10.0. The van der Waals surface area contributed by atoms with Crippen molar-refractivity contribution < 1.29 is 9.53 Å². The molecule has 17 heavy (non-hydrogen) atoms. The van der Waals surface area contributed by atoms with Crippen molar-refractivity contribution in [1.82, 2.24) is 5.32 Å². The summed E-state index contributed by atoms with van der Waals surface area (Å²) in [5, 5.41) is 3.58. The van der Waals surface area contributed by atoms with Gasteiger partial charge >= 0.3 is 0 Å². The monoisotopic (exact) mass is 253 g/mol. The van der Waals surface area contributed by atoms with E-state index < -0.39 is 0 Å². The molecule has 4 heteroatoms. The first-order valence-corrected chi connectivity index (χ1v) is 6.10. The minimum atomic E-state index is 0.129. The van der Waals surface area contributed by atoms with Crippen molar-refractivity contribution >= 4 is 17.5 Å². The Morgan fingerprint density at radius 1 is 1.53 bits per heavy atom. The summed E-state index contributed by atoms with van der Waals surface area (Å²) in [6.07, 6.45) is 2.02. The molecule has 1 aliphatic carbocycles. The van der Waals surface area contributed by atoms with Gasteiger partial charge in [-0.05, 0) is 37.5 Å². The van der Waals surface area contributed by atoms with E-state index in [1.165, 1.54) is 0 Å². The Hall–Kier alpha value is -1.22. The molecule has 1 N–H and O–H groups in total. The molecule has 1 aromatic rings. The molecule has 0 heterocycles. The average molecular weight is 254 g/mol. The Labute approximate surface area is 106 Å².